The van der Waals surface area contributed by atoms with E-state index in [4.69, 9.17) is 4.74 Å². The van der Waals surface area contributed by atoms with E-state index in [1.54, 1.807) is 30.9 Å². The molecule has 162 valence electrons. The topological polar surface area (TPSA) is 86.3 Å². The lowest BCUT2D eigenvalue weighted by Gasteiger charge is -2.40. The summed E-state index contributed by atoms with van der Waals surface area (Å²) in [4.78, 5) is 31.3. The monoisotopic (exact) mass is 517 g/mol. The number of nitrogens with zero attached hydrogens (tertiary/aromatic N) is 3. The van der Waals surface area contributed by atoms with E-state index in [1.807, 2.05) is 45.0 Å². The average molecular weight is 517 g/mol. The fraction of sp³-hybridized carbons (Fsp3) is 0.550. The summed E-state index contributed by atoms with van der Waals surface area (Å²) in [6.07, 6.45) is -0.291. The predicted molar refractivity (Wildman–Crippen MR) is 125 cm³/mol. The van der Waals surface area contributed by atoms with Crippen molar-refractivity contribution in [3.63, 3.8) is 0 Å². The lowest BCUT2D eigenvalue weighted by atomic mass is 10.1. The zero-order valence-electron chi connectivity index (χ0n) is 18.0. The molecule has 0 atom stereocenters. The van der Waals surface area contributed by atoms with E-state index >= 15 is 0 Å². The maximum atomic E-state index is 12.0. The van der Waals surface area contributed by atoms with E-state index in [0.29, 0.717) is 31.2 Å². The molecule has 0 radical (unpaired) electrons. The number of hydrogen-bond acceptors (Lipinski definition) is 4. The minimum atomic E-state index is -0.486. The van der Waals surface area contributed by atoms with Gasteiger partial charge in [-0.25, -0.2) is 4.79 Å². The molecule has 0 saturated carbocycles. The van der Waals surface area contributed by atoms with E-state index in [9.17, 15) is 9.59 Å². The Morgan fingerprint density at radius 2 is 1.79 bits per heavy atom. The van der Waals surface area contributed by atoms with Gasteiger partial charge in [-0.3, -0.25) is 9.79 Å². The second-order valence-corrected chi connectivity index (χ2v) is 8.05. The van der Waals surface area contributed by atoms with Gasteiger partial charge in [-0.05, 0) is 38.5 Å². The van der Waals surface area contributed by atoms with Crippen molar-refractivity contribution in [2.45, 2.75) is 39.0 Å². The molecule has 1 heterocycles. The van der Waals surface area contributed by atoms with Gasteiger partial charge in [0, 0.05) is 46.3 Å². The molecule has 0 aliphatic carbocycles. The van der Waals surface area contributed by atoms with Crippen molar-refractivity contribution in [1.82, 2.24) is 20.4 Å². The number of rotatable bonds is 4. The number of benzene rings is 1. The van der Waals surface area contributed by atoms with E-state index < -0.39 is 5.60 Å². The van der Waals surface area contributed by atoms with E-state index in [1.165, 1.54) is 0 Å². The Kier molecular flexibility index (Phi) is 9.18. The molecule has 0 spiro atoms. The summed E-state index contributed by atoms with van der Waals surface area (Å²) in [6, 6.07) is 7.62. The maximum absolute atomic E-state index is 12.0. The van der Waals surface area contributed by atoms with Crippen molar-refractivity contribution in [3.05, 3.63) is 35.4 Å². The first-order valence-electron chi connectivity index (χ1n) is 9.35. The SMILES string of the molecule is CN=C(NCc1ccc(C(=O)N(C)C)cc1)NC1CN(C(=O)OC(C)(C)C)C1.I. The van der Waals surface area contributed by atoms with Crippen molar-refractivity contribution in [1.29, 1.82) is 0 Å². The van der Waals surface area contributed by atoms with Gasteiger partial charge in [0.05, 0.1) is 6.04 Å². The van der Waals surface area contributed by atoms with Crippen LogP contribution in [0.4, 0.5) is 4.79 Å². The first-order chi connectivity index (χ1) is 13.1. The van der Waals surface area contributed by atoms with Gasteiger partial charge in [-0.15, -0.1) is 24.0 Å². The Morgan fingerprint density at radius 1 is 1.21 bits per heavy atom. The van der Waals surface area contributed by atoms with Gasteiger partial charge in [0.15, 0.2) is 5.96 Å². The minimum Gasteiger partial charge on any atom is -0.444 e. The van der Waals surface area contributed by atoms with E-state index in [0.717, 1.165) is 5.56 Å². The van der Waals surface area contributed by atoms with Crippen LogP contribution in [0, 0.1) is 0 Å². The van der Waals surface area contributed by atoms with Crippen molar-refractivity contribution >= 4 is 41.9 Å². The molecule has 1 aromatic rings. The van der Waals surface area contributed by atoms with E-state index in [-0.39, 0.29) is 42.0 Å². The second-order valence-electron chi connectivity index (χ2n) is 8.05. The third kappa shape index (κ3) is 7.71. The van der Waals surface area contributed by atoms with Crippen LogP contribution in [0.15, 0.2) is 29.3 Å². The number of amides is 2. The van der Waals surface area contributed by atoms with Crippen molar-refractivity contribution in [2.24, 2.45) is 4.99 Å². The highest BCUT2D eigenvalue weighted by atomic mass is 127. The molecular formula is C20H32IN5O3. The second kappa shape index (κ2) is 10.7. The average Bonchev–Trinajstić information content (AvgIpc) is 2.58. The predicted octanol–water partition coefficient (Wildman–Crippen LogP) is 2.29. The highest BCUT2D eigenvalue weighted by molar-refractivity contribution is 14.0. The van der Waals surface area contributed by atoms with Crippen LogP contribution >= 0.6 is 24.0 Å². The normalized spacial score (nSPS) is 14.4. The molecule has 1 aliphatic heterocycles. The summed E-state index contributed by atoms with van der Waals surface area (Å²) in [5.74, 6) is 0.652. The lowest BCUT2D eigenvalue weighted by Crippen LogP contribution is -2.63. The molecule has 29 heavy (non-hydrogen) atoms. The molecule has 0 unspecified atom stereocenters. The Hall–Kier alpha value is -2.04. The molecule has 1 aliphatic rings. The number of ether oxygens (including phenoxy) is 1. The first kappa shape index (κ1) is 25.0. The van der Waals surface area contributed by atoms with Crippen LogP contribution in [0.5, 0.6) is 0 Å². The molecule has 2 amide bonds. The van der Waals surface area contributed by atoms with Crippen molar-refractivity contribution in [2.75, 3.05) is 34.2 Å². The van der Waals surface area contributed by atoms with Gasteiger partial charge in [0.1, 0.15) is 5.60 Å². The fourth-order valence-corrected chi connectivity index (χ4v) is 2.64. The number of nitrogens with one attached hydrogen (secondary N) is 2. The van der Waals surface area contributed by atoms with Gasteiger partial charge >= 0.3 is 6.09 Å². The summed E-state index contributed by atoms with van der Waals surface area (Å²) in [5.41, 5.74) is 1.22. The molecule has 0 aromatic heterocycles. The third-order valence-electron chi connectivity index (χ3n) is 4.16. The zero-order chi connectivity index (χ0) is 20.9. The van der Waals surface area contributed by atoms with Gasteiger partial charge in [0.2, 0.25) is 0 Å². The molecular weight excluding hydrogens is 485 g/mol. The first-order valence-corrected chi connectivity index (χ1v) is 9.35. The van der Waals surface area contributed by atoms with Crippen molar-refractivity contribution in [3.8, 4) is 0 Å². The van der Waals surface area contributed by atoms with Crippen LogP contribution in [0.1, 0.15) is 36.7 Å². The Labute approximate surface area is 190 Å². The van der Waals surface area contributed by atoms with Crippen LogP contribution in [0.3, 0.4) is 0 Å². The van der Waals surface area contributed by atoms with Gasteiger partial charge in [-0.2, -0.15) is 0 Å². The van der Waals surface area contributed by atoms with Crippen LogP contribution in [0.25, 0.3) is 0 Å². The number of likely N-dealkylation sites (tertiary alicyclic amines) is 1. The Balaban J connectivity index is 0.00000420. The van der Waals surface area contributed by atoms with E-state index in [2.05, 4.69) is 15.6 Å². The summed E-state index contributed by atoms with van der Waals surface area (Å²) in [7, 11) is 5.17. The van der Waals surface area contributed by atoms with Gasteiger partial charge < -0.3 is 25.2 Å². The van der Waals surface area contributed by atoms with Crippen LogP contribution in [-0.4, -0.2) is 73.6 Å². The Morgan fingerprint density at radius 3 is 2.28 bits per heavy atom. The minimum absolute atomic E-state index is 0. The molecule has 9 heteroatoms. The number of carbonyl (C=O) groups excluding carboxylic acids is 2. The Bertz CT molecular complexity index is 723. The molecule has 2 rings (SSSR count). The lowest BCUT2D eigenvalue weighted by molar-refractivity contribution is 0.00700. The van der Waals surface area contributed by atoms with Crippen LogP contribution in [0.2, 0.25) is 0 Å². The molecule has 1 fully saturated rings. The number of carbonyl (C=O) groups is 2. The van der Waals surface area contributed by atoms with Gasteiger partial charge in [0.25, 0.3) is 5.91 Å². The number of hydrogen-bond donors (Lipinski definition) is 2. The molecule has 8 nitrogen and oxygen atoms in total. The highest BCUT2D eigenvalue weighted by Gasteiger charge is 2.34. The molecule has 2 N–H and O–H groups in total. The maximum Gasteiger partial charge on any atom is 0.410 e. The largest absolute Gasteiger partial charge is 0.444 e. The van der Waals surface area contributed by atoms with Crippen LogP contribution < -0.4 is 10.6 Å². The highest BCUT2D eigenvalue weighted by Crippen LogP contribution is 2.15. The third-order valence-corrected chi connectivity index (χ3v) is 4.16. The standard InChI is InChI=1S/C20H31N5O3.HI/c1-20(2,3)28-19(27)25-12-16(13-25)23-18(21-4)22-11-14-7-9-15(10-8-14)17(26)24(5)6;/h7-10,16H,11-13H2,1-6H3,(H2,21,22,23);1H. The van der Waals surface area contributed by atoms with Crippen molar-refractivity contribution < 1.29 is 14.3 Å². The molecule has 1 aromatic carbocycles. The fourth-order valence-electron chi connectivity index (χ4n) is 2.64. The quantitative estimate of drug-likeness (QED) is 0.364. The summed E-state index contributed by atoms with van der Waals surface area (Å²) < 4.78 is 5.35. The zero-order valence-corrected chi connectivity index (χ0v) is 20.3. The smallest absolute Gasteiger partial charge is 0.410 e. The molecule has 0 bridgehead atoms. The molecule has 1 saturated heterocycles. The number of guanidine groups is 1. The number of aliphatic imine (C=N–C) groups is 1. The summed E-state index contributed by atoms with van der Waals surface area (Å²) >= 11 is 0. The number of halogens is 1. The van der Waals surface area contributed by atoms with Gasteiger partial charge in [-0.1, -0.05) is 12.1 Å². The summed E-state index contributed by atoms with van der Waals surface area (Å²) in [6.45, 7) is 7.31. The summed E-state index contributed by atoms with van der Waals surface area (Å²) in [5, 5.41) is 6.54. The van der Waals surface area contributed by atoms with Crippen LogP contribution in [-0.2, 0) is 11.3 Å².